The minimum Gasteiger partial charge on any atom is -0.445 e. The van der Waals surface area contributed by atoms with Gasteiger partial charge in [0.15, 0.2) is 5.89 Å². The highest BCUT2D eigenvalue weighted by Crippen LogP contribution is 2.27. The number of rotatable bonds is 5. The van der Waals surface area contributed by atoms with Crippen LogP contribution < -0.4 is 0 Å². The van der Waals surface area contributed by atoms with Gasteiger partial charge < -0.3 is 13.9 Å². The third-order valence-electron chi connectivity index (χ3n) is 4.84. The maximum atomic E-state index is 13.3. The molecule has 6 nitrogen and oxygen atoms in total. The highest BCUT2D eigenvalue weighted by Gasteiger charge is 2.27. The van der Waals surface area contributed by atoms with Gasteiger partial charge in [0, 0.05) is 31.9 Å². The van der Waals surface area contributed by atoms with E-state index in [2.05, 4.69) is 9.97 Å². The van der Waals surface area contributed by atoms with Gasteiger partial charge in [0.25, 0.3) is 0 Å². The van der Waals surface area contributed by atoms with Crippen molar-refractivity contribution in [2.24, 2.45) is 0 Å². The second-order valence-corrected chi connectivity index (χ2v) is 6.89. The molecule has 0 N–H and O–H groups in total. The van der Waals surface area contributed by atoms with Crippen LogP contribution in [0.3, 0.4) is 0 Å². The van der Waals surface area contributed by atoms with E-state index in [9.17, 15) is 9.18 Å². The van der Waals surface area contributed by atoms with Crippen molar-refractivity contribution in [2.45, 2.75) is 31.7 Å². The van der Waals surface area contributed by atoms with Crippen molar-refractivity contribution >= 4 is 5.91 Å². The summed E-state index contributed by atoms with van der Waals surface area (Å²) in [7, 11) is 0. The lowest BCUT2D eigenvalue weighted by Crippen LogP contribution is -2.40. The number of likely N-dealkylation sites (tertiary alicyclic amines) is 1. The summed E-state index contributed by atoms with van der Waals surface area (Å²) in [5, 5.41) is 0. The molecule has 27 heavy (non-hydrogen) atoms. The molecule has 0 radical (unpaired) electrons. The summed E-state index contributed by atoms with van der Waals surface area (Å²) in [6.45, 7) is 1.65. The lowest BCUT2D eigenvalue weighted by Gasteiger charge is -2.31. The van der Waals surface area contributed by atoms with Gasteiger partial charge in [0.05, 0.1) is 18.4 Å². The number of hydrogen-bond donors (Lipinski definition) is 0. The van der Waals surface area contributed by atoms with E-state index in [-0.39, 0.29) is 17.6 Å². The third-order valence-corrected chi connectivity index (χ3v) is 4.84. The molecule has 1 saturated heterocycles. The molecule has 1 aromatic carbocycles. The topological polar surface area (TPSA) is 64.2 Å². The lowest BCUT2D eigenvalue weighted by molar-refractivity contribution is -0.133. The van der Waals surface area contributed by atoms with Gasteiger partial charge in [0.1, 0.15) is 18.1 Å². The molecule has 1 amide bonds. The van der Waals surface area contributed by atoms with Crippen LogP contribution in [-0.2, 0) is 17.8 Å². The van der Waals surface area contributed by atoms with Gasteiger partial charge in [-0.15, -0.1) is 0 Å². The molecule has 7 heteroatoms. The van der Waals surface area contributed by atoms with E-state index in [0.717, 1.165) is 24.9 Å². The fourth-order valence-electron chi connectivity index (χ4n) is 3.48. The molecule has 3 aromatic rings. The Balaban J connectivity index is 1.39. The average molecular weight is 368 g/mol. The van der Waals surface area contributed by atoms with Gasteiger partial charge in [-0.3, -0.25) is 4.79 Å². The molecule has 1 unspecified atom stereocenters. The first-order valence-electron chi connectivity index (χ1n) is 9.10. The Labute approximate surface area is 156 Å². The number of halogens is 1. The molecule has 0 bridgehead atoms. The summed E-state index contributed by atoms with van der Waals surface area (Å²) in [6, 6.07) is 6.47. The number of piperidine rings is 1. The molecule has 140 valence electrons. The zero-order chi connectivity index (χ0) is 18.6. The van der Waals surface area contributed by atoms with Gasteiger partial charge in [-0.05, 0) is 30.5 Å². The van der Waals surface area contributed by atoms with Crippen LogP contribution in [0.4, 0.5) is 4.39 Å². The maximum Gasteiger partial charge on any atom is 0.242 e. The first kappa shape index (κ1) is 17.5. The van der Waals surface area contributed by atoms with Crippen LogP contribution >= 0.6 is 0 Å². The average Bonchev–Trinajstić information content (AvgIpc) is 3.34. The number of oxazole rings is 1. The Morgan fingerprint density at radius 3 is 3.11 bits per heavy atom. The molecule has 1 fully saturated rings. The van der Waals surface area contributed by atoms with E-state index in [0.29, 0.717) is 31.2 Å². The van der Waals surface area contributed by atoms with E-state index in [4.69, 9.17) is 4.42 Å². The van der Waals surface area contributed by atoms with Crippen molar-refractivity contribution in [3.8, 4) is 0 Å². The van der Waals surface area contributed by atoms with Crippen LogP contribution in [0, 0.1) is 5.82 Å². The van der Waals surface area contributed by atoms with Gasteiger partial charge >= 0.3 is 0 Å². The van der Waals surface area contributed by atoms with Crippen molar-refractivity contribution in [3.63, 3.8) is 0 Å². The number of carbonyl (C=O) groups excluding carboxylic acids is 1. The first-order chi connectivity index (χ1) is 13.2. The molecular formula is C20H21FN4O2. The summed E-state index contributed by atoms with van der Waals surface area (Å²) in [5.41, 5.74) is 0.846. The summed E-state index contributed by atoms with van der Waals surface area (Å²) in [6.07, 6.45) is 9.15. The van der Waals surface area contributed by atoms with E-state index in [1.807, 2.05) is 11.0 Å². The van der Waals surface area contributed by atoms with E-state index >= 15 is 0 Å². The number of hydrogen-bond acceptors (Lipinski definition) is 4. The largest absolute Gasteiger partial charge is 0.445 e. The predicted molar refractivity (Wildman–Crippen MR) is 96.5 cm³/mol. The number of carbonyl (C=O) groups is 1. The van der Waals surface area contributed by atoms with Crippen molar-refractivity contribution in [1.82, 2.24) is 19.4 Å². The number of amides is 1. The minimum atomic E-state index is -0.258. The molecule has 0 aliphatic carbocycles. The Kier molecular flexibility index (Phi) is 5.00. The lowest BCUT2D eigenvalue weighted by atomic mass is 9.98. The fourth-order valence-corrected chi connectivity index (χ4v) is 3.48. The molecule has 0 spiro atoms. The fraction of sp³-hybridized carbons (Fsp3) is 0.350. The number of aromatic nitrogens is 3. The van der Waals surface area contributed by atoms with Crippen molar-refractivity contribution < 1.29 is 13.6 Å². The van der Waals surface area contributed by atoms with Gasteiger partial charge in [0.2, 0.25) is 5.91 Å². The summed E-state index contributed by atoms with van der Waals surface area (Å²) < 4.78 is 21.0. The molecule has 1 atom stereocenters. The van der Waals surface area contributed by atoms with E-state index in [1.54, 1.807) is 35.6 Å². The summed E-state index contributed by atoms with van der Waals surface area (Å²) in [5.74, 6) is 1.27. The first-order valence-corrected chi connectivity index (χ1v) is 9.10. The van der Waals surface area contributed by atoms with Crippen LogP contribution in [0.1, 0.15) is 36.0 Å². The number of benzene rings is 1. The highest BCUT2D eigenvalue weighted by molar-refractivity contribution is 5.76. The number of nitrogens with zero attached hydrogens (tertiary/aromatic N) is 4. The predicted octanol–water partition coefficient (Wildman–Crippen LogP) is 3.01. The standard InChI is InChI=1S/C20H21FN4O2/c21-17-5-1-3-15(9-17)10-18-11-23-20(27-18)16-4-2-7-25(12-16)19(26)13-24-8-6-22-14-24/h1,3,5-6,8-9,11,14,16H,2,4,7,10,12-13H2. The van der Waals surface area contributed by atoms with Crippen molar-refractivity contribution in [1.29, 1.82) is 0 Å². The molecular weight excluding hydrogens is 347 g/mol. The van der Waals surface area contributed by atoms with Crippen LogP contribution in [0.5, 0.6) is 0 Å². The highest BCUT2D eigenvalue weighted by atomic mass is 19.1. The van der Waals surface area contributed by atoms with Gasteiger partial charge in [-0.1, -0.05) is 12.1 Å². The minimum absolute atomic E-state index is 0.0734. The maximum absolute atomic E-state index is 13.3. The van der Waals surface area contributed by atoms with Crippen LogP contribution in [0.15, 0.2) is 53.6 Å². The molecule has 2 aromatic heterocycles. The third kappa shape index (κ3) is 4.24. The second-order valence-electron chi connectivity index (χ2n) is 6.89. The Bertz CT molecular complexity index is 906. The smallest absolute Gasteiger partial charge is 0.242 e. The van der Waals surface area contributed by atoms with Crippen LogP contribution in [-0.4, -0.2) is 38.4 Å². The normalized spacial score (nSPS) is 17.2. The quantitative estimate of drug-likeness (QED) is 0.694. The molecule has 3 heterocycles. The van der Waals surface area contributed by atoms with Crippen LogP contribution in [0.25, 0.3) is 0 Å². The monoisotopic (exact) mass is 368 g/mol. The number of imidazole rings is 1. The molecule has 0 saturated carbocycles. The zero-order valence-corrected chi connectivity index (χ0v) is 14.9. The summed E-state index contributed by atoms with van der Waals surface area (Å²) >= 11 is 0. The van der Waals surface area contributed by atoms with Gasteiger partial charge in [-0.25, -0.2) is 14.4 Å². The summed E-state index contributed by atoms with van der Waals surface area (Å²) in [4.78, 5) is 22.8. The Morgan fingerprint density at radius 2 is 2.30 bits per heavy atom. The zero-order valence-electron chi connectivity index (χ0n) is 14.9. The SMILES string of the molecule is O=C(Cn1ccnc1)N1CCCC(c2ncc(Cc3cccc(F)c3)o2)C1. The van der Waals surface area contributed by atoms with Crippen LogP contribution in [0.2, 0.25) is 0 Å². The van der Waals surface area contributed by atoms with E-state index in [1.165, 1.54) is 12.1 Å². The van der Waals surface area contributed by atoms with Crippen molar-refractivity contribution in [3.05, 3.63) is 72.2 Å². The Morgan fingerprint density at radius 1 is 1.37 bits per heavy atom. The van der Waals surface area contributed by atoms with E-state index < -0.39 is 0 Å². The molecule has 1 aliphatic heterocycles. The Hall–Kier alpha value is -2.96. The second kappa shape index (κ2) is 7.73. The van der Waals surface area contributed by atoms with Gasteiger partial charge in [-0.2, -0.15) is 0 Å². The molecule has 4 rings (SSSR count). The molecule has 1 aliphatic rings. The van der Waals surface area contributed by atoms with Crippen molar-refractivity contribution in [2.75, 3.05) is 13.1 Å².